The predicted molar refractivity (Wildman–Crippen MR) is 121 cm³/mol. The smallest absolute Gasteiger partial charge is 0.293 e. The van der Waals surface area contributed by atoms with Gasteiger partial charge in [0.15, 0.2) is 10.4 Å². The van der Waals surface area contributed by atoms with Crippen LogP contribution in [-0.4, -0.2) is 73.8 Å². The number of nitrogens with zero attached hydrogens (tertiary/aromatic N) is 3. The Labute approximate surface area is 190 Å². The van der Waals surface area contributed by atoms with Gasteiger partial charge in [-0.05, 0) is 46.6 Å². The molecule has 1 aliphatic heterocycles. The molecule has 3 rings (SSSR count). The monoisotopic (exact) mass is 490 g/mol. The van der Waals surface area contributed by atoms with Gasteiger partial charge in [-0.2, -0.15) is 0 Å². The van der Waals surface area contributed by atoms with Crippen LogP contribution in [0.4, 0.5) is 5.69 Å². The quantitative estimate of drug-likeness (QED) is 0.644. The van der Waals surface area contributed by atoms with E-state index in [0.29, 0.717) is 55.2 Å². The van der Waals surface area contributed by atoms with Crippen LogP contribution in [0, 0.1) is 0 Å². The first-order valence-electron chi connectivity index (χ1n) is 10.3. The highest BCUT2D eigenvalue weighted by Crippen LogP contribution is 2.24. The van der Waals surface area contributed by atoms with Crippen LogP contribution in [0.5, 0.6) is 0 Å². The van der Waals surface area contributed by atoms with Gasteiger partial charge in [0, 0.05) is 39.8 Å². The van der Waals surface area contributed by atoms with E-state index in [1.165, 1.54) is 4.90 Å². The number of piperazine rings is 1. The summed E-state index contributed by atoms with van der Waals surface area (Å²) in [6.45, 7) is 5.34. The van der Waals surface area contributed by atoms with Gasteiger partial charge in [-0.3, -0.25) is 19.3 Å². The molecular formula is C22H27BrN4O4. The van der Waals surface area contributed by atoms with Gasteiger partial charge in [-0.1, -0.05) is 19.1 Å². The number of carbonyl (C=O) groups excluding carboxylic acids is 3. The summed E-state index contributed by atoms with van der Waals surface area (Å²) in [5.41, 5.74) is 0.976. The SMILES string of the molecule is CCCNC(=O)CN1CCN(C(=O)c2ccccc2N(C)C(=O)c2ccc(Br)o2)CC1. The van der Waals surface area contributed by atoms with Crippen molar-refractivity contribution in [1.29, 1.82) is 0 Å². The molecule has 1 aromatic carbocycles. The van der Waals surface area contributed by atoms with Gasteiger partial charge < -0.3 is 19.5 Å². The second-order valence-electron chi connectivity index (χ2n) is 7.40. The van der Waals surface area contributed by atoms with E-state index in [9.17, 15) is 14.4 Å². The van der Waals surface area contributed by atoms with Gasteiger partial charge in [0.1, 0.15) is 0 Å². The summed E-state index contributed by atoms with van der Waals surface area (Å²) in [6, 6.07) is 10.3. The van der Waals surface area contributed by atoms with Crippen LogP contribution in [0.3, 0.4) is 0 Å². The molecule has 2 heterocycles. The number of anilines is 1. The molecular weight excluding hydrogens is 464 g/mol. The number of rotatable bonds is 7. The van der Waals surface area contributed by atoms with Crippen LogP contribution >= 0.6 is 15.9 Å². The van der Waals surface area contributed by atoms with Crippen molar-refractivity contribution in [3.63, 3.8) is 0 Å². The van der Waals surface area contributed by atoms with Crippen molar-refractivity contribution >= 4 is 39.3 Å². The van der Waals surface area contributed by atoms with E-state index in [1.807, 2.05) is 11.8 Å². The Bertz CT molecular complexity index is 937. The molecule has 0 saturated carbocycles. The fourth-order valence-electron chi connectivity index (χ4n) is 3.45. The lowest BCUT2D eigenvalue weighted by Crippen LogP contribution is -2.51. The zero-order valence-electron chi connectivity index (χ0n) is 17.8. The molecule has 31 heavy (non-hydrogen) atoms. The average Bonchev–Trinajstić information content (AvgIpc) is 3.23. The van der Waals surface area contributed by atoms with Gasteiger partial charge in [-0.15, -0.1) is 0 Å². The van der Waals surface area contributed by atoms with Gasteiger partial charge in [0.25, 0.3) is 11.8 Å². The number of carbonyl (C=O) groups is 3. The molecule has 0 spiro atoms. The zero-order valence-corrected chi connectivity index (χ0v) is 19.4. The highest BCUT2D eigenvalue weighted by molar-refractivity contribution is 9.10. The molecule has 1 saturated heterocycles. The first kappa shape index (κ1) is 23.0. The molecule has 1 aromatic heterocycles. The lowest BCUT2D eigenvalue weighted by molar-refractivity contribution is -0.122. The average molecular weight is 491 g/mol. The van der Waals surface area contributed by atoms with Crippen molar-refractivity contribution in [3.8, 4) is 0 Å². The van der Waals surface area contributed by atoms with Gasteiger partial charge >= 0.3 is 0 Å². The number of halogens is 1. The highest BCUT2D eigenvalue weighted by atomic mass is 79.9. The van der Waals surface area contributed by atoms with Crippen molar-refractivity contribution in [1.82, 2.24) is 15.1 Å². The molecule has 1 fully saturated rings. The van der Waals surface area contributed by atoms with E-state index in [4.69, 9.17) is 4.42 Å². The molecule has 0 aliphatic carbocycles. The summed E-state index contributed by atoms with van der Waals surface area (Å²) in [7, 11) is 1.62. The number of benzene rings is 1. The Kier molecular flexibility index (Phi) is 7.86. The molecule has 2 aromatic rings. The van der Waals surface area contributed by atoms with Crippen LogP contribution in [0.1, 0.15) is 34.3 Å². The van der Waals surface area contributed by atoms with Crippen LogP contribution in [0.2, 0.25) is 0 Å². The number of furan rings is 1. The third-order valence-corrected chi connectivity index (χ3v) is 5.61. The molecule has 0 unspecified atom stereocenters. The first-order valence-corrected chi connectivity index (χ1v) is 11.1. The van der Waals surface area contributed by atoms with Crippen LogP contribution in [0.15, 0.2) is 45.5 Å². The van der Waals surface area contributed by atoms with E-state index in [-0.39, 0.29) is 23.5 Å². The van der Waals surface area contributed by atoms with Gasteiger partial charge in [0.2, 0.25) is 5.91 Å². The van der Waals surface area contributed by atoms with Gasteiger partial charge in [0.05, 0.1) is 17.8 Å². The standard InChI is InChI=1S/C22H27BrN4O4/c1-3-10-24-20(28)15-26-11-13-27(14-12-26)21(29)16-6-4-5-7-17(16)25(2)22(30)18-8-9-19(23)31-18/h4-9H,3,10-15H2,1-2H3,(H,24,28). The molecule has 9 heteroatoms. The van der Waals surface area contributed by atoms with Crippen molar-refractivity contribution in [2.24, 2.45) is 0 Å². The van der Waals surface area contributed by atoms with Gasteiger partial charge in [-0.25, -0.2) is 0 Å². The Morgan fingerprint density at radius 3 is 2.45 bits per heavy atom. The van der Waals surface area contributed by atoms with E-state index in [1.54, 1.807) is 48.3 Å². The number of amides is 3. The second-order valence-corrected chi connectivity index (χ2v) is 8.18. The van der Waals surface area contributed by atoms with Crippen LogP contribution in [-0.2, 0) is 4.79 Å². The summed E-state index contributed by atoms with van der Waals surface area (Å²) in [5, 5.41) is 2.88. The van der Waals surface area contributed by atoms with E-state index in [2.05, 4.69) is 21.2 Å². The molecule has 3 amide bonds. The van der Waals surface area contributed by atoms with Crippen molar-refractivity contribution in [2.45, 2.75) is 13.3 Å². The fourth-order valence-corrected chi connectivity index (χ4v) is 3.76. The third-order valence-electron chi connectivity index (χ3n) is 5.18. The first-order chi connectivity index (χ1) is 14.9. The normalized spacial score (nSPS) is 14.4. The molecule has 8 nitrogen and oxygen atoms in total. The second kappa shape index (κ2) is 10.6. The molecule has 1 N–H and O–H groups in total. The van der Waals surface area contributed by atoms with E-state index >= 15 is 0 Å². The van der Waals surface area contributed by atoms with E-state index < -0.39 is 0 Å². The van der Waals surface area contributed by atoms with Crippen molar-refractivity contribution in [3.05, 3.63) is 52.4 Å². The molecule has 166 valence electrons. The fraction of sp³-hybridized carbons (Fsp3) is 0.409. The van der Waals surface area contributed by atoms with Crippen LogP contribution < -0.4 is 10.2 Å². The minimum atomic E-state index is -0.339. The predicted octanol–water partition coefficient (Wildman–Crippen LogP) is 2.60. The molecule has 0 bridgehead atoms. The lowest BCUT2D eigenvalue weighted by Gasteiger charge is -2.35. The molecule has 1 aliphatic rings. The number of hydrogen-bond donors (Lipinski definition) is 1. The summed E-state index contributed by atoms with van der Waals surface area (Å²) in [4.78, 5) is 43.2. The Balaban J connectivity index is 1.65. The minimum Gasteiger partial charge on any atom is -0.444 e. The number of nitrogens with one attached hydrogen (secondary N) is 1. The lowest BCUT2D eigenvalue weighted by atomic mass is 10.1. The summed E-state index contributed by atoms with van der Waals surface area (Å²) >= 11 is 3.20. The summed E-state index contributed by atoms with van der Waals surface area (Å²) < 4.78 is 5.83. The number of hydrogen-bond acceptors (Lipinski definition) is 5. The topological polar surface area (TPSA) is 86.1 Å². The number of para-hydroxylation sites is 1. The van der Waals surface area contributed by atoms with E-state index in [0.717, 1.165) is 6.42 Å². The molecule has 0 radical (unpaired) electrons. The Morgan fingerprint density at radius 1 is 1.10 bits per heavy atom. The molecule has 0 atom stereocenters. The maximum absolute atomic E-state index is 13.2. The highest BCUT2D eigenvalue weighted by Gasteiger charge is 2.27. The maximum atomic E-state index is 13.2. The Hall–Kier alpha value is -2.65. The van der Waals surface area contributed by atoms with Crippen LogP contribution in [0.25, 0.3) is 0 Å². The maximum Gasteiger partial charge on any atom is 0.293 e. The minimum absolute atomic E-state index is 0.0108. The van der Waals surface area contributed by atoms with Crippen molar-refractivity contribution in [2.75, 3.05) is 51.2 Å². The largest absolute Gasteiger partial charge is 0.444 e. The Morgan fingerprint density at radius 2 is 1.81 bits per heavy atom. The summed E-state index contributed by atoms with van der Waals surface area (Å²) in [6.07, 6.45) is 0.904. The third kappa shape index (κ3) is 5.74. The zero-order chi connectivity index (χ0) is 22.4. The van der Waals surface area contributed by atoms with Crippen molar-refractivity contribution < 1.29 is 18.8 Å². The summed E-state index contributed by atoms with van der Waals surface area (Å²) in [5.74, 6) is -0.275.